The van der Waals surface area contributed by atoms with Crippen molar-refractivity contribution < 1.29 is 4.79 Å². The highest BCUT2D eigenvalue weighted by Gasteiger charge is 2.15. The molecule has 0 fully saturated rings. The third kappa shape index (κ3) is 3.61. The van der Waals surface area contributed by atoms with Gasteiger partial charge >= 0.3 is 6.03 Å². The largest absolute Gasteiger partial charge is 0.345 e. The quantitative estimate of drug-likeness (QED) is 0.749. The van der Waals surface area contributed by atoms with Gasteiger partial charge in [-0.05, 0) is 24.3 Å². The van der Waals surface area contributed by atoms with E-state index in [2.05, 4.69) is 36.4 Å². The van der Waals surface area contributed by atoms with Gasteiger partial charge in [-0.1, -0.05) is 39.0 Å². The van der Waals surface area contributed by atoms with Crippen LogP contribution in [-0.2, 0) is 5.41 Å². The van der Waals surface area contributed by atoms with E-state index in [4.69, 9.17) is 0 Å². The van der Waals surface area contributed by atoms with E-state index in [1.165, 1.54) is 0 Å². The van der Waals surface area contributed by atoms with E-state index in [0.29, 0.717) is 5.82 Å². The molecule has 0 atom stereocenters. The summed E-state index contributed by atoms with van der Waals surface area (Å²) in [6.07, 6.45) is 0. The van der Waals surface area contributed by atoms with Crippen LogP contribution in [0.1, 0.15) is 26.5 Å². The highest BCUT2D eigenvalue weighted by molar-refractivity contribution is 5.99. The first-order valence-electron chi connectivity index (χ1n) is 6.28. The SMILES string of the molecule is CC(C)(C)c1ccc(NC(=O)Nc2ccccc2)[nH]1. The van der Waals surface area contributed by atoms with Crippen LogP contribution in [0.3, 0.4) is 0 Å². The van der Waals surface area contributed by atoms with Crippen molar-refractivity contribution in [2.75, 3.05) is 10.6 Å². The van der Waals surface area contributed by atoms with Crippen LogP contribution >= 0.6 is 0 Å². The van der Waals surface area contributed by atoms with Crippen molar-refractivity contribution in [2.45, 2.75) is 26.2 Å². The molecular formula is C15H19N3O. The van der Waals surface area contributed by atoms with E-state index in [1.54, 1.807) is 0 Å². The summed E-state index contributed by atoms with van der Waals surface area (Å²) in [4.78, 5) is 15.0. The minimum absolute atomic E-state index is 0.0375. The Hall–Kier alpha value is -2.23. The third-order valence-corrected chi connectivity index (χ3v) is 2.77. The molecule has 4 heteroatoms. The summed E-state index contributed by atoms with van der Waals surface area (Å²) in [7, 11) is 0. The van der Waals surface area contributed by atoms with Crippen LogP contribution in [-0.4, -0.2) is 11.0 Å². The van der Waals surface area contributed by atoms with E-state index in [1.807, 2.05) is 42.5 Å². The number of benzene rings is 1. The molecule has 4 nitrogen and oxygen atoms in total. The van der Waals surface area contributed by atoms with E-state index in [-0.39, 0.29) is 11.4 Å². The molecule has 0 saturated heterocycles. The Morgan fingerprint density at radius 1 is 1.00 bits per heavy atom. The molecule has 2 aromatic rings. The maximum absolute atomic E-state index is 11.8. The molecule has 2 amide bonds. The second kappa shape index (κ2) is 5.18. The Morgan fingerprint density at radius 2 is 1.68 bits per heavy atom. The fourth-order valence-corrected chi connectivity index (χ4v) is 1.71. The zero-order valence-electron chi connectivity index (χ0n) is 11.4. The normalized spacial score (nSPS) is 11.1. The number of aromatic amines is 1. The zero-order chi connectivity index (χ0) is 13.9. The summed E-state index contributed by atoms with van der Waals surface area (Å²) in [5.74, 6) is 0.693. The van der Waals surface area contributed by atoms with Gasteiger partial charge in [0.25, 0.3) is 0 Å². The average molecular weight is 257 g/mol. The van der Waals surface area contributed by atoms with Crippen molar-refractivity contribution in [1.82, 2.24) is 4.98 Å². The summed E-state index contributed by atoms with van der Waals surface area (Å²) in [6.45, 7) is 6.35. The van der Waals surface area contributed by atoms with Crippen LogP contribution in [0.2, 0.25) is 0 Å². The van der Waals surface area contributed by atoms with Crippen molar-refractivity contribution in [1.29, 1.82) is 0 Å². The number of aromatic nitrogens is 1. The lowest BCUT2D eigenvalue weighted by Crippen LogP contribution is -2.20. The van der Waals surface area contributed by atoms with Gasteiger partial charge in [-0.2, -0.15) is 0 Å². The molecule has 0 saturated carbocycles. The fourth-order valence-electron chi connectivity index (χ4n) is 1.71. The molecule has 100 valence electrons. The molecule has 0 aliphatic rings. The molecule has 0 bridgehead atoms. The highest BCUT2D eigenvalue weighted by Crippen LogP contribution is 2.22. The molecule has 0 radical (unpaired) electrons. The Morgan fingerprint density at radius 3 is 2.26 bits per heavy atom. The number of amides is 2. The Kier molecular flexibility index (Phi) is 3.60. The van der Waals surface area contributed by atoms with Gasteiger partial charge in [-0.3, -0.25) is 5.32 Å². The van der Waals surface area contributed by atoms with Gasteiger partial charge in [0.05, 0.1) is 0 Å². The van der Waals surface area contributed by atoms with Gasteiger partial charge in [-0.25, -0.2) is 4.79 Å². The number of rotatable bonds is 2. The molecule has 0 unspecified atom stereocenters. The number of hydrogen-bond donors (Lipinski definition) is 3. The first-order valence-corrected chi connectivity index (χ1v) is 6.28. The number of carbonyl (C=O) groups is 1. The topological polar surface area (TPSA) is 56.9 Å². The Bertz CT molecular complexity index is 552. The monoisotopic (exact) mass is 257 g/mol. The molecule has 0 aliphatic carbocycles. The van der Waals surface area contributed by atoms with Crippen molar-refractivity contribution >= 4 is 17.5 Å². The van der Waals surface area contributed by atoms with Gasteiger partial charge in [0.1, 0.15) is 5.82 Å². The minimum Gasteiger partial charge on any atom is -0.345 e. The fraction of sp³-hybridized carbons (Fsp3) is 0.267. The van der Waals surface area contributed by atoms with E-state index in [0.717, 1.165) is 11.4 Å². The smallest absolute Gasteiger partial charge is 0.324 e. The maximum atomic E-state index is 11.8. The van der Waals surface area contributed by atoms with E-state index >= 15 is 0 Å². The lowest BCUT2D eigenvalue weighted by Gasteiger charge is -2.16. The summed E-state index contributed by atoms with van der Waals surface area (Å²) < 4.78 is 0. The lowest BCUT2D eigenvalue weighted by atomic mass is 9.93. The van der Waals surface area contributed by atoms with Crippen LogP contribution in [0, 0.1) is 0 Å². The number of hydrogen-bond acceptors (Lipinski definition) is 1. The third-order valence-electron chi connectivity index (χ3n) is 2.77. The Labute approximate surface area is 113 Å². The standard InChI is InChI=1S/C15H19N3O/c1-15(2,3)12-9-10-13(17-12)18-14(19)16-11-7-5-4-6-8-11/h4-10,17H,1-3H3,(H2,16,18,19). The van der Waals surface area contributed by atoms with Crippen molar-refractivity contribution in [3.8, 4) is 0 Å². The van der Waals surface area contributed by atoms with Crippen molar-refractivity contribution in [2.24, 2.45) is 0 Å². The van der Waals surface area contributed by atoms with Crippen molar-refractivity contribution in [3.63, 3.8) is 0 Å². The van der Waals surface area contributed by atoms with Gasteiger partial charge in [-0.15, -0.1) is 0 Å². The highest BCUT2D eigenvalue weighted by atomic mass is 16.2. The number of H-pyrrole nitrogens is 1. The van der Waals surface area contributed by atoms with E-state index < -0.39 is 0 Å². The molecular weight excluding hydrogens is 238 g/mol. The van der Waals surface area contributed by atoms with E-state index in [9.17, 15) is 4.79 Å². The molecule has 2 rings (SSSR count). The summed E-state index contributed by atoms with van der Waals surface area (Å²) in [5.41, 5.74) is 1.89. The summed E-state index contributed by atoms with van der Waals surface area (Å²) in [5, 5.41) is 5.55. The average Bonchev–Trinajstić information content (AvgIpc) is 2.78. The first-order chi connectivity index (χ1) is 8.95. The van der Waals surface area contributed by atoms with Crippen molar-refractivity contribution in [3.05, 3.63) is 48.2 Å². The predicted molar refractivity (Wildman–Crippen MR) is 78.6 cm³/mol. The van der Waals surface area contributed by atoms with Crippen LogP contribution in [0.15, 0.2) is 42.5 Å². The number of nitrogens with one attached hydrogen (secondary N) is 3. The van der Waals surface area contributed by atoms with Gasteiger partial charge in [0.2, 0.25) is 0 Å². The van der Waals surface area contributed by atoms with Crippen LogP contribution in [0.25, 0.3) is 0 Å². The second-order valence-corrected chi connectivity index (χ2v) is 5.48. The predicted octanol–water partition coefficient (Wildman–Crippen LogP) is 3.96. The molecule has 0 aliphatic heterocycles. The van der Waals surface area contributed by atoms with Crippen LogP contribution < -0.4 is 10.6 Å². The minimum atomic E-state index is -0.256. The summed E-state index contributed by atoms with van der Waals surface area (Å²) in [6, 6.07) is 12.9. The number of urea groups is 1. The molecule has 1 heterocycles. The first kappa shape index (κ1) is 13.2. The number of anilines is 2. The number of para-hydroxylation sites is 1. The Balaban J connectivity index is 1.98. The molecule has 1 aromatic carbocycles. The van der Waals surface area contributed by atoms with Gasteiger partial charge in [0.15, 0.2) is 0 Å². The molecule has 0 spiro atoms. The van der Waals surface area contributed by atoms with Crippen LogP contribution in [0.4, 0.5) is 16.3 Å². The maximum Gasteiger partial charge on any atom is 0.324 e. The lowest BCUT2D eigenvalue weighted by molar-refractivity contribution is 0.262. The molecule has 19 heavy (non-hydrogen) atoms. The van der Waals surface area contributed by atoms with Gasteiger partial charge in [0, 0.05) is 16.8 Å². The second-order valence-electron chi connectivity index (χ2n) is 5.48. The molecule has 3 N–H and O–H groups in total. The van der Waals surface area contributed by atoms with Crippen LogP contribution in [0.5, 0.6) is 0 Å². The molecule has 1 aromatic heterocycles. The number of carbonyl (C=O) groups excluding carboxylic acids is 1. The van der Waals surface area contributed by atoms with Gasteiger partial charge < -0.3 is 10.3 Å². The summed E-state index contributed by atoms with van der Waals surface area (Å²) >= 11 is 0. The zero-order valence-corrected chi connectivity index (χ0v) is 11.4.